The summed E-state index contributed by atoms with van der Waals surface area (Å²) in [6, 6.07) is 9.15. The number of carboxylic acids is 1. The molecule has 3 aromatic heterocycles. The van der Waals surface area contributed by atoms with Crippen molar-refractivity contribution in [2.45, 2.75) is 121 Å². The Hall–Kier alpha value is -7.01. The van der Waals surface area contributed by atoms with Crippen LogP contribution in [0.4, 0.5) is 9.18 Å². The Morgan fingerprint density at radius 1 is 0.936 bits per heavy atom. The van der Waals surface area contributed by atoms with Crippen molar-refractivity contribution in [2.75, 3.05) is 66.6 Å². The molecule has 5 fully saturated rings. The molecule has 11 rings (SSSR count). The van der Waals surface area contributed by atoms with E-state index in [-0.39, 0.29) is 61.9 Å². The van der Waals surface area contributed by atoms with Crippen LogP contribution in [0, 0.1) is 18.7 Å². The molecule has 414 valence electrons. The lowest BCUT2D eigenvalue weighted by atomic mass is 9.88. The Kier molecular flexibility index (Phi) is 15.2. The average molecular weight is 1070 g/mol. The number of carbonyl (C=O) groups is 3. The number of urea groups is 1. The van der Waals surface area contributed by atoms with Gasteiger partial charge in [0.05, 0.1) is 55.7 Å². The highest BCUT2D eigenvalue weighted by Gasteiger charge is 2.43. The highest BCUT2D eigenvalue weighted by molar-refractivity contribution is 6.05. The van der Waals surface area contributed by atoms with Gasteiger partial charge in [-0.25, -0.2) is 23.3 Å². The van der Waals surface area contributed by atoms with Crippen molar-refractivity contribution in [3.63, 3.8) is 0 Å². The molecule has 3 aromatic carbocycles. The number of aliphatic hydroxyl groups excluding tert-OH is 1. The number of aliphatic hydroxyl groups is 1. The Bertz CT molecular complexity index is 3180. The SMILES string of the molecule is Cc1c(F)cc2c(cnn2C2CCCCO2)c1-c1c(C2CC2)cc2c(OC3CN(C(=O)NCCN(C)C)C3)nc(OC3CCOCC3)nc2c1OCc1ccc(-c2cn([C@H](C(=O)N3C[C@H](O)C[C@H]3C(=O)O)C(C)C)nn2)cc1. The highest BCUT2D eigenvalue weighted by atomic mass is 19.1. The summed E-state index contributed by atoms with van der Waals surface area (Å²) in [6.07, 6.45) is 7.31. The van der Waals surface area contributed by atoms with Gasteiger partial charge < -0.3 is 53.9 Å². The summed E-state index contributed by atoms with van der Waals surface area (Å²) in [6.45, 7) is 9.04. The molecule has 1 unspecified atom stereocenters. The zero-order valence-electron chi connectivity index (χ0n) is 44.8. The first-order valence-electron chi connectivity index (χ1n) is 27.3. The molecule has 3 N–H and O–H groups in total. The number of likely N-dealkylation sites (N-methyl/N-ethyl adjacent to an activating group) is 1. The number of hydrogen-bond acceptors (Lipinski definition) is 15. The van der Waals surface area contributed by atoms with Gasteiger partial charge in [0.25, 0.3) is 0 Å². The number of benzene rings is 3. The van der Waals surface area contributed by atoms with Crippen molar-refractivity contribution in [1.82, 2.24) is 54.8 Å². The van der Waals surface area contributed by atoms with Gasteiger partial charge in [-0.2, -0.15) is 15.1 Å². The lowest BCUT2D eigenvalue weighted by Gasteiger charge is -2.38. The van der Waals surface area contributed by atoms with E-state index in [0.29, 0.717) is 115 Å². The average Bonchev–Trinajstić information content (AvgIpc) is 4.00. The van der Waals surface area contributed by atoms with Crippen LogP contribution in [0.25, 0.3) is 44.2 Å². The number of fused-ring (bicyclic) bond motifs is 2. The van der Waals surface area contributed by atoms with Gasteiger partial charge >= 0.3 is 18.0 Å². The summed E-state index contributed by atoms with van der Waals surface area (Å²) >= 11 is 0. The van der Waals surface area contributed by atoms with Crippen molar-refractivity contribution in [3.05, 3.63) is 71.3 Å². The summed E-state index contributed by atoms with van der Waals surface area (Å²) in [5.41, 5.74) is 5.73. The number of β-amino-alcohol motifs (C(OH)–C–C–N with tert-alkyl or cyclic N) is 1. The number of carbonyl (C=O) groups excluding carboxylic acids is 2. The van der Waals surface area contributed by atoms with Crippen molar-refractivity contribution in [3.8, 4) is 40.0 Å². The van der Waals surface area contributed by atoms with Crippen LogP contribution >= 0.6 is 0 Å². The van der Waals surface area contributed by atoms with E-state index in [9.17, 15) is 24.6 Å². The molecule has 5 aliphatic rings. The molecular formula is C56H68FN11O10. The third-order valence-corrected chi connectivity index (χ3v) is 15.6. The molecule has 4 aliphatic heterocycles. The largest absolute Gasteiger partial charge is 0.486 e. The second-order valence-electron chi connectivity index (χ2n) is 22.0. The molecular weight excluding hydrogens is 1010 g/mol. The summed E-state index contributed by atoms with van der Waals surface area (Å²) in [4.78, 5) is 54.1. The molecule has 6 aromatic rings. The van der Waals surface area contributed by atoms with Crippen LogP contribution in [0.1, 0.15) is 100 Å². The number of aromatic nitrogens is 7. The van der Waals surface area contributed by atoms with Crippen molar-refractivity contribution < 1.29 is 52.7 Å². The van der Waals surface area contributed by atoms with Crippen molar-refractivity contribution in [1.29, 1.82) is 0 Å². The van der Waals surface area contributed by atoms with E-state index in [1.165, 1.54) is 9.58 Å². The van der Waals surface area contributed by atoms with Gasteiger partial charge in [0.15, 0.2) is 12.0 Å². The fourth-order valence-corrected chi connectivity index (χ4v) is 11.1. The lowest BCUT2D eigenvalue weighted by molar-refractivity contribution is -0.150. The first-order valence-corrected chi connectivity index (χ1v) is 27.3. The zero-order valence-corrected chi connectivity index (χ0v) is 44.8. The first-order chi connectivity index (χ1) is 37.7. The maximum absolute atomic E-state index is 16.8. The van der Waals surface area contributed by atoms with Gasteiger partial charge in [-0.05, 0) is 87.7 Å². The molecule has 4 saturated heterocycles. The van der Waals surface area contributed by atoms with E-state index in [2.05, 4.69) is 21.7 Å². The Balaban J connectivity index is 0.975. The number of hydrogen-bond donors (Lipinski definition) is 3. The van der Waals surface area contributed by atoms with Crippen LogP contribution < -0.4 is 19.5 Å². The molecule has 0 bridgehead atoms. The highest BCUT2D eigenvalue weighted by Crippen LogP contribution is 2.53. The second-order valence-corrected chi connectivity index (χ2v) is 22.0. The third-order valence-electron chi connectivity index (χ3n) is 15.6. The topological polar surface area (TPSA) is 234 Å². The predicted molar refractivity (Wildman–Crippen MR) is 284 cm³/mol. The van der Waals surface area contributed by atoms with E-state index in [4.69, 9.17) is 38.8 Å². The minimum absolute atomic E-state index is 0.0425. The van der Waals surface area contributed by atoms with E-state index >= 15 is 4.39 Å². The number of aliphatic carboxylic acids is 1. The fraction of sp³-hybridized carbons (Fsp3) is 0.536. The van der Waals surface area contributed by atoms with Gasteiger partial charge in [0, 0.05) is 73.6 Å². The maximum Gasteiger partial charge on any atom is 0.326 e. The third kappa shape index (κ3) is 10.9. The molecule has 1 saturated carbocycles. The lowest BCUT2D eigenvalue weighted by Crippen LogP contribution is -2.59. The number of ether oxygens (including phenoxy) is 5. The number of nitrogens with zero attached hydrogens (tertiary/aromatic N) is 10. The number of amides is 3. The summed E-state index contributed by atoms with van der Waals surface area (Å²) < 4.78 is 52.4. The molecule has 3 amide bonds. The molecule has 4 atom stereocenters. The molecule has 21 nitrogen and oxygen atoms in total. The second kappa shape index (κ2) is 22.4. The van der Waals surface area contributed by atoms with Gasteiger partial charge in [0.2, 0.25) is 11.8 Å². The van der Waals surface area contributed by atoms with E-state index in [1.807, 2.05) is 57.1 Å². The minimum atomic E-state index is -1.17. The van der Waals surface area contributed by atoms with E-state index < -0.39 is 35.9 Å². The molecule has 0 spiro atoms. The standard InChI is InChI=1S/C56H68FN11O10/c1-31(2)50(53(70)66-26-36(69)22-45(66)54(71)72)67-29-43(62-63-67)35-11-9-33(10-12-35)30-76-51-48(47-32(3)42(57)24-44-41(47)25-59-68(44)46-8-6-7-19-75-46)39(34-13-14-34)23-40-49(51)60-55(78-37-15-20-74-21-16-37)61-52(40)77-38-27-65(28-38)56(73)58-17-18-64(4)5/h9-12,23-25,29,31,34,36-38,45-46,50,69H,6-8,13-22,26-28,30H2,1-5H3,(H,58,73)(H,71,72)/t36-,45+,46?,50+/m1/s1. The Morgan fingerprint density at radius 3 is 2.42 bits per heavy atom. The van der Waals surface area contributed by atoms with Gasteiger partial charge in [-0.3, -0.25) is 4.79 Å². The fourth-order valence-electron chi connectivity index (χ4n) is 11.1. The van der Waals surface area contributed by atoms with Crippen molar-refractivity contribution >= 4 is 39.7 Å². The van der Waals surface area contributed by atoms with E-state index in [1.54, 1.807) is 35.0 Å². The predicted octanol–water partition coefficient (Wildman–Crippen LogP) is 6.64. The molecule has 1 aliphatic carbocycles. The first kappa shape index (κ1) is 53.0. The number of carboxylic acid groups (broad SMARTS) is 1. The summed E-state index contributed by atoms with van der Waals surface area (Å²) in [7, 11) is 3.91. The summed E-state index contributed by atoms with van der Waals surface area (Å²) in [5, 5.41) is 38.1. The maximum atomic E-state index is 16.8. The molecule has 0 radical (unpaired) electrons. The van der Waals surface area contributed by atoms with Crippen LogP contribution in [0.2, 0.25) is 0 Å². The molecule has 22 heteroatoms. The zero-order chi connectivity index (χ0) is 54.4. The minimum Gasteiger partial charge on any atom is -0.486 e. The molecule has 78 heavy (non-hydrogen) atoms. The van der Waals surface area contributed by atoms with E-state index in [0.717, 1.165) is 48.6 Å². The smallest absolute Gasteiger partial charge is 0.326 e. The molecule has 7 heterocycles. The number of likely N-dealkylation sites (tertiary alicyclic amines) is 2. The Labute approximate surface area is 450 Å². The monoisotopic (exact) mass is 1070 g/mol. The van der Waals surface area contributed by atoms with Gasteiger partial charge in [-0.15, -0.1) is 5.10 Å². The van der Waals surface area contributed by atoms with Gasteiger partial charge in [-0.1, -0.05) is 43.3 Å². The number of halogens is 1. The normalized spacial score (nSPS) is 20.7. The summed E-state index contributed by atoms with van der Waals surface area (Å²) in [5.74, 6) is -1.49. The quantitative estimate of drug-likeness (QED) is 0.0818. The van der Waals surface area contributed by atoms with Crippen LogP contribution in [0.15, 0.2) is 48.8 Å². The van der Waals surface area contributed by atoms with Crippen molar-refractivity contribution in [2.24, 2.45) is 5.92 Å². The van der Waals surface area contributed by atoms with Crippen LogP contribution in [0.5, 0.6) is 17.6 Å². The Morgan fingerprint density at radius 2 is 1.72 bits per heavy atom. The van der Waals surface area contributed by atoms with Crippen LogP contribution in [-0.4, -0.2) is 169 Å². The number of rotatable bonds is 18. The van der Waals surface area contributed by atoms with Crippen LogP contribution in [-0.2, 0) is 25.7 Å². The van der Waals surface area contributed by atoms with Gasteiger partial charge in [0.1, 0.15) is 47.9 Å². The van der Waals surface area contributed by atoms with Crippen LogP contribution in [0.3, 0.4) is 0 Å². The number of nitrogens with one attached hydrogen (secondary N) is 1.